The third-order valence-corrected chi connectivity index (χ3v) is 4.58. The molecular formula is C13H11Br2N5O5. The van der Waals surface area contributed by atoms with Crippen LogP contribution in [0, 0.1) is 27.2 Å². The van der Waals surface area contributed by atoms with Gasteiger partial charge in [-0.2, -0.15) is 4.68 Å². The van der Waals surface area contributed by atoms with E-state index in [1.54, 1.807) is 6.92 Å². The Morgan fingerprint density at radius 3 is 2.20 bits per heavy atom. The van der Waals surface area contributed by atoms with Crippen molar-refractivity contribution in [2.75, 3.05) is 5.32 Å². The highest BCUT2D eigenvalue weighted by molar-refractivity contribution is 9.11. The molecule has 1 atom stereocenters. The average Bonchev–Trinajstić information content (AvgIpc) is 2.91. The predicted molar refractivity (Wildman–Crippen MR) is 95.5 cm³/mol. The smallest absolute Gasteiger partial charge is 0.358 e. The van der Waals surface area contributed by atoms with Crippen LogP contribution in [0.25, 0.3) is 0 Å². The number of nitrogens with zero attached hydrogens (tertiary/aromatic N) is 4. The fourth-order valence-corrected chi connectivity index (χ4v) is 3.44. The molecule has 12 heteroatoms. The van der Waals surface area contributed by atoms with Gasteiger partial charge in [0.25, 0.3) is 11.6 Å². The number of non-ortho nitro benzene ring substituents is 1. The van der Waals surface area contributed by atoms with E-state index in [0.717, 1.165) is 0 Å². The molecule has 1 N–H and O–H groups in total. The number of carbonyl (C=O) groups excluding carboxylic acids is 1. The lowest BCUT2D eigenvalue weighted by Gasteiger charge is -2.14. The van der Waals surface area contributed by atoms with E-state index in [2.05, 4.69) is 42.3 Å². The third kappa shape index (κ3) is 4.02. The van der Waals surface area contributed by atoms with Gasteiger partial charge in [0.15, 0.2) is 0 Å². The van der Waals surface area contributed by atoms with Crippen LogP contribution in [-0.2, 0) is 4.79 Å². The number of anilines is 1. The summed E-state index contributed by atoms with van der Waals surface area (Å²) in [5.41, 5.74) is 0.612. The number of amides is 1. The number of halogens is 2. The Labute approximate surface area is 157 Å². The maximum atomic E-state index is 12.5. The van der Waals surface area contributed by atoms with Gasteiger partial charge in [-0.3, -0.25) is 14.9 Å². The van der Waals surface area contributed by atoms with E-state index in [9.17, 15) is 25.0 Å². The second-order valence-electron chi connectivity index (χ2n) is 5.05. The number of nitro benzene ring substituents is 1. The van der Waals surface area contributed by atoms with Gasteiger partial charge in [-0.25, -0.2) is 0 Å². The van der Waals surface area contributed by atoms with Gasteiger partial charge in [-0.05, 0) is 50.6 Å². The van der Waals surface area contributed by atoms with Gasteiger partial charge in [0, 0.05) is 21.1 Å². The van der Waals surface area contributed by atoms with Gasteiger partial charge >= 0.3 is 5.82 Å². The van der Waals surface area contributed by atoms with Crippen molar-refractivity contribution < 1.29 is 14.6 Å². The summed E-state index contributed by atoms with van der Waals surface area (Å²) in [6.45, 7) is 3.13. The minimum Gasteiger partial charge on any atom is -0.358 e. The SMILES string of the molecule is Cc1cc([N+](=O)[O-])nn1C(C)C(=O)Nc1c(Br)cc([N+](=O)[O-])cc1Br. The summed E-state index contributed by atoms with van der Waals surface area (Å²) < 4.78 is 1.87. The number of rotatable bonds is 5. The van der Waals surface area contributed by atoms with Gasteiger partial charge in [0.1, 0.15) is 6.04 Å². The highest BCUT2D eigenvalue weighted by Crippen LogP contribution is 2.35. The molecule has 10 nitrogen and oxygen atoms in total. The third-order valence-electron chi connectivity index (χ3n) is 3.33. The Morgan fingerprint density at radius 1 is 1.20 bits per heavy atom. The molecule has 0 bridgehead atoms. The van der Waals surface area contributed by atoms with E-state index < -0.39 is 21.8 Å². The first-order valence-electron chi connectivity index (χ1n) is 6.76. The van der Waals surface area contributed by atoms with Crippen LogP contribution in [0.3, 0.4) is 0 Å². The molecule has 0 fully saturated rings. The second-order valence-corrected chi connectivity index (χ2v) is 6.76. The number of aromatic nitrogens is 2. The first-order valence-corrected chi connectivity index (χ1v) is 8.35. The molecule has 0 aliphatic carbocycles. The summed E-state index contributed by atoms with van der Waals surface area (Å²) in [7, 11) is 0. The molecule has 1 aromatic carbocycles. The molecule has 0 aliphatic heterocycles. The van der Waals surface area contributed by atoms with E-state index in [1.807, 2.05) is 0 Å². The quantitative estimate of drug-likeness (QED) is 0.516. The molecule has 132 valence electrons. The molecule has 2 rings (SSSR count). The lowest BCUT2D eigenvalue weighted by atomic mass is 10.2. The zero-order chi connectivity index (χ0) is 18.9. The maximum Gasteiger partial charge on any atom is 0.390 e. The van der Waals surface area contributed by atoms with Gasteiger partial charge in [-0.1, -0.05) is 0 Å². The highest BCUT2D eigenvalue weighted by atomic mass is 79.9. The van der Waals surface area contributed by atoms with Gasteiger partial charge in [0.2, 0.25) is 0 Å². The monoisotopic (exact) mass is 475 g/mol. The second kappa shape index (κ2) is 7.27. The van der Waals surface area contributed by atoms with Crippen LogP contribution < -0.4 is 5.32 Å². The largest absolute Gasteiger partial charge is 0.390 e. The minimum atomic E-state index is -0.831. The number of hydrogen-bond donors (Lipinski definition) is 1. The lowest BCUT2D eigenvalue weighted by molar-refractivity contribution is -0.389. The normalized spacial score (nSPS) is 11.8. The Morgan fingerprint density at radius 2 is 1.76 bits per heavy atom. The van der Waals surface area contributed by atoms with E-state index in [1.165, 1.54) is 29.8 Å². The zero-order valence-corrected chi connectivity index (χ0v) is 16.1. The molecule has 0 spiro atoms. The van der Waals surface area contributed by atoms with E-state index in [0.29, 0.717) is 20.3 Å². The summed E-state index contributed by atoms with van der Waals surface area (Å²) in [4.78, 5) is 32.9. The molecule has 1 amide bonds. The van der Waals surface area contributed by atoms with Crippen LogP contribution in [0.15, 0.2) is 27.1 Å². The summed E-state index contributed by atoms with van der Waals surface area (Å²) in [6, 6.07) is 2.95. The van der Waals surface area contributed by atoms with Crippen LogP contribution in [0.5, 0.6) is 0 Å². The molecule has 0 radical (unpaired) electrons. The van der Waals surface area contributed by atoms with Crippen molar-refractivity contribution in [1.82, 2.24) is 9.78 Å². The number of nitrogens with one attached hydrogen (secondary N) is 1. The predicted octanol–water partition coefficient (Wildman–Crippen LogP) is 3.73. The van der Waals surface area contributed by atoms with Crippen molar-refractivity contribution in [1.29, 1.82) is 0 Å². The average molecular weight is 477 g/mol. The summed E-state index contributed by atoms with van der Waals surface area (Å²) >= 11 is 6.35. The van der Waals surface area contributed by atoms with E-state index >= 15 is 0 Å². The fraction of sp³-hybridized carbons (Fsp3) is 0.231. The van der Waals surface area contributed by atoms with Crippen molar-refractivity contribution in [2.24, 2.45) is 0 Å². The summed E-state index contributed by atoms with van der Waals surface area (Å²) in [5.74, 6) is -0.841. The summed E-state index contributed by atoms with van der Waals surface area (Å²) in [6.07, 6.45) is 0. The topological polar surface area (TPSA) is 133 Å². The number of hydrogen-bond acceptors (Lipinski definition) is 6. The molecule has 1 aromatic heterocycles. The Hall–Kier alpha value is -2.34. The zero-order valence-electron chi connectivity index (χ0n) is 12.9. The van der Waals surface area contributed by atoms with Gasteiger partial charge in [-0.15, -0.1) is 0 Å². The number of nitro groups is 2. The molecule has 1 heterocycles. The summed E-state index contributed by atoms with van der Waals surface area (Å²) in [5, 5.41) is 28.0. The van der Waals surface area contributed by atoms with Crippen LogP contribution in [0.1, 0.15) is 18.7 Å². The fourth-order valence-electron chi connectivity index (χ4n) is 2.08. The van der Waals surface area contributed by atoms with Crippen LogP contribution in [0.2, 0.25) is 0 Å². The molecule has 2 aromatic rings. The van der Waals surface area contributed by atoms with Crippen LogP contribution >= 0.6 is 31.9 Å². The minimum absolute atomic E-state index is 0.150. The molecule has 0 aliphatic rings. The van der Waals surface area contributed by atoms with Crippen LogP contribution in [0.4, 0.5) is 17.2 Å². The maximum absolute atomic E-state index is 12.5. The Balaban J connectivity index is 2.28. The molecule has 1 unspecified atom stereocenters. The number of carbonyl (C=O) groups is 1. The molecule has 25 heavy (non-hydrogen) atoms. The Bertz CT molecular complexity index is 859. The van der Waals surface area contributed by atoms with Crippen molar-refractivity contribution >= 4 is 55.0 Å². The number of aryl methyl sites for hydroxylation is 1. The molecule has 0 saturated carbocycles. The van der Waals surface area contributed by atoms with Crippen molar-refractivity contribution in [3.05, 3.63) is 53.1 Å². The molecular weight excluding hydrogens is 466 g/mol. The standard InChI is InChI=1S/C13H11Br2N5O5/c1-6-3-11(20(24)25)17-18(6)7(2)13(21)16-12-9(14)4-8(19(22)23)5-10(12)15/h3-5,7H,1-2H3,(H,16,21). The number of benzene rings is 1. The highest BCUT2D eigenvalue weighted by Gasteiger charge is 2.26. The van der Waals surface area contributed by atoms with E-state index in [-0.39, 0.29) is 11.5 Å². The van der Waals surface area contributed by atoms with Crippen molar-refractivity contribution in [2.45, 2.75) is 19.9 Å². The first-order chi connectivity index (χ1) is 11.6. The van der Waals surface area contributed by atoms with Gasteiger partial charge < -0.3 is 15.4 Å². The Kier molecular flexibility index (Phi) is 5.52. The van der Waals surface area contributed by atoms with Crippen molar-refractivity contribution in [3.63, 3.8) is 0 Å². The first kappa shape index (κ1) is 19.0. The lowest BCUT2D eigenvalue weighted by Crippen LogP contribution is -2.25. The van der Waals surface area contributed by atoms with E-state index in [4.69, 9.17) is 0 Å². The van der Waals surface area contributed by atoms with Crippen molar-refractivity contribution in [3.8, 4) is 0 Å². The molecule has 0 saturated heterocycles. The van der Waals surface area contributed by atoms with Crippen LogP contribution in [-0.4, -0.2) is 25.5 Å². The van der Waals surface area contributed by atoms with Gasteiger partial charge in [0.05, 0.1) is 27.5 Å².